The van der Waals surface area contributed by atoms with E-state index < -0.39 is 5.60 Å². The molecule has 0 aliphatic carbocycles. The van der Waals surface area contributed by atoms with Crippen LogP contribution in [0.25, 0.3) is 0 Å². The summed E-state index contributed by atoms with van der Waals surface area (Å²) in [6.45, 7) is 2.94. The molecule has 22 heavy (non-hydrogen) atoms. The molecule has 7 nitrogen and oxygen atoms in total. The highest BCUT2D eigenvalue weighted by atomic mass is 32.1. The number of likely N-dealkylation sites (tertiary alicyclic amines) is 1. The van der Waals surface area contributed by atoms with Crippen LogP contribution in [0.15, 0.2) is 11.6 Å². The number of ether oxygens (including phenoxy) is 1. The van der Waals surface area contributed by atoms with Gasteiger partial charge < -0.3 is 15.0 Å². The number of carbonyl (C=O) groups excluding carboxylic acids is 2. The SMILES string of the molecule is CN1C[C@]2(CCCN(CCC(=O)Nc3nccs3)C2)OC1=O. The molecular formula is C14H20N4O3S. The number of anilines is 1. The fraction of sp³-hybridized carbons (Fsp3) is 0.643. The Morgan fingerprint density at radius 1 is 1.55 bits per heavy atom. The van der Waals surface area contributed by atoms with Gasteiger partial charge in [-0.05, 0) is 19.4 Å². The number of hydrogen-bond donors (Lipinski definition) is 1. The van der Waals surface area contributed by atoms with Gasteiger partial charge in [-0.15, -0.1) is 11.3 Å². The van der Waals surface area contributed by atoms with Crippen molar-refractivity contribution in [1.29, 1.82) is 0 Å². The van der Waals surface area contributed by atoms with Crippen molar-refractivity contribution in [1.82, 2.24) is 14.8 Å². The summed E-state index contributed by atoms with van der Waals surface area (Å²) in [6.07, 6.45) is 3.71. The van der Waals surface area contributed by atoms with Crippen LogP contribution in [0.2, 0.25) is 0 Å². The summed E-state index contributed by atoms with van der Waals surface area (Å²) in [6, 6.07) is 0. The molecule has 0 saturated carbocycles. The number of nitrogens with one attached hydrogen (secondary N) is 1. The van der Waals surface area contributed by atoms with Crippen molar-refractivity contribution in [3.63, 3.8) is 0 Å². The zero-order chi connectivity index (χ0) is 15.6. The summed E-state index contributed by atoms with van der Waals surface area (Å²) in [4.78, 5) is 31.4. The first-order valence-corrected chi connectivity index (χ1v) is 8.30. The summed E-state index contributed by atoms with van der Waals surface area (Å²) < 4.78 is 5.56. The number of amides is 2. The predicted octanol–water partition coefficient (Wildman–Crippen LogP) is 1.39. The number of hydrogen-bond acceptors (Lipinski definition) is 6. The van der Waals surface area contributed by atoms with Gasteiger partial charge in [0.1, 0.15) is 5.60 Å². The van der Waals surface area contributed by atoms with Crippen molar-refractivity contribution in [2.45, 2.75) is 24.9 Å². The van der Waals surface area contributed by atoms with Crippen LogP contribution in [0.1, 0.15) is 19.3 Å². The molecule has 1 spiro atoms. The normalized spacial score (nSPS) is 25.5. The Morgan fingerprint density at radius 2 is 2.41 bits per heavy atom. The molecule has 8 heteroatoms. The average Bonchev–Trinajstić information content (AvgIpc) is 3.06. The molecule has 2 amide bonds. The van der Waals surface area contributed by atoms with E-state index in [1.807, 2.05) is 5.38 Å². The van der Waals surface area contributed by atoms with Crippen LogP contribution in [-0.4, -0.2) is 65.6 Å². The fourth-order valence-electron chi connectivity index (χ4n) is 3.11. The number of thiazole rings is 1. The van der Waals surface area contributed by atoms with Crippen LogP contribution < -0.4 is 5.32 Å². The molecule has 0 radical (unpaired) electrons. The number of rotatable bonds is 4. The van der Waals surface area contributed by atoms with E-state index in [0.29, 0.717) is 31.2 Å². The number of aromatic nitrogens is 1. The van der Waals surface area contributed by atoms with Crippen LogP contribution in [-0.2, 0) is 9.53 Å². The van der Waals surface area contributed by atoms with Gasteiger partial charge in [0.2, 0.25) is 5.91 Å². The average molecular weight is 324 g/mol. The molecule has 3 rings (SSSR count). The third kappa shape index (κ3) is 3.38. The van der Waals surface area contributed by atoms with E-state index in [9.17, 15) is 9.59 Å². The molecule has 1 atom stereocenters. The molecule has 3 heterocycles. The van der Waals surface area contributed by atoms with Gasteiger partial charge in [0.15, 0.2) is 5.13 Å². The Labute approximate surface area is 133 Å². The minimum absolute atomic E-state index is 0.0323. The van der Waals surface area contributed by atoms with Gasteiger partial charge in [0.25, 0.3) is 0 Å². The molecule has 2 aliphatic rings. The third-order valence-corrected chi connectivity index (χ3v) is 4.78. The zero-order valence-electron chi connectivity index (χ0n) is 12.6. The summed E-state index contributed by atoms with van der Waals surface area (Å²) >= 11 is 1.41. The van der Waals surface area contributed by atoms with Crippen LogP contribution >= 0.6 is 11.3 Å². The quantitative estimate of drug-likeness (QED) is 0.906. The minimum Gasteiger partial charge on any atom is -0.440 e. The maximum absolute atomic E-state index is 11.9. The van der Waals surface area contributed by atoms with Crippen molar-refractivity contribution in [3.8, 4) is 0 Å². The molecule has 0 unspecified atom stereocenters. The highest BCUT2D eigenvalue weighted by molar-refractivity contribution is 7.13. The Bertz CT molecular complexity index is 550. The van der Waals surface area contributed by atoms with E-state index in [-0.39, 0.29) is 12.0 Å². The second-order valence-corrected chi connectivity index (χ2v) is 6.82. The number of nitrogens with zero attached hydrogens (tertiary/aromatic N) is 3. The van der Waals surface area contributed by atoms with E-state index in [0.717, 1.165) is 19.4 Å². The Kier molecular flexibility index (Phi) is 4.30. The molecule has 2 aliphatic heterocycles. The monoisotopic (exact) mass is 324 g/mol. The predicted molar refractivity (Wildman–Crippen MR) is 82.9 cm³/mol. The standard InChI is InChI=1S/C14H20N4O3S/c1-17-9-14(21-13(17)20)4-2-6-18(10-14)7-3-11(19)16-12-15-5-8-22-12/h5,8H,2-4,6-7,9-10H2,1H3,(H,15,16,19)/t14-/m0/s1. The molecule has 120 valence electrons. The second kappa shape index (κ2) is 6.21. The van der Waals surface area contributed by atoms with E-state index in [1.54, 1.807) is 18.1 Å². The first-order chi connectivity index (χ1) is 10.6. The van der Waals surface area contributed by atoms with Gasteiger partial charge in [-0.2, -0.15) is 0 Å². The van der Waals surface area contributed by atoms with Crippen molar-refractivity contribution < 1.29 is 14.3 Å². The summed E-state index contributed by atoms with van der Waals surface area (Å²) in [7, 11) is 1.76. The van der Waals surface area contributed by atoms with Crippen molar-refractivity contribution in [3.05, 3.63) is 11.6 Å². The largest absolute Gasteiger partial charge is 0.440 e. The van der Waals surface area contributed by atoms with E-state index in [2.05, 4.69) is 15.2 Å². The minimum atomic E-state index is -0.393. The summed E-state index contributed by atoms with van der Waals surface area (Å²) in [5.74, 6) is -0.0323. The second-order valence-electron chi connectivity index (χ2n) is 5.92. The summed E-state index contributed by atoms with van der Waals surface area (Å²) in [5.41, 5.74) is -0.393. The molecule has 2 saturated heterocycles. The first-order valence-electron chi connectivity index (χ1n) is 7.42. The first kappa shape index (κ1) is 15.2. The molecular weight excluding hydrogens is 304 g/mol. The number of piperidine rings is 1. The van der Waals surface area contributed by atoms with Gasteiger partial charge in [-0.3, -0.25) is 9.69 Å². The highest BCUT2D eigenvalue weighted by Crippen LogP contribution is 2.31. The Hall–Kier alpha value is -1.67. The van der Waals surface area contributed by atoms with E-state index in [1.165, 1.54) is 11.3 Å². The lowest BCUT2D eigenvalue weighted by Crippen LogP contribution is -2.50. The van der Waals surface area contributed by atoms with Gasteiger partial charge in [-0.1, -0.05) is 0 Å². The van der Waals surface area contributed by atoms with Crippen molar-refractivity contribution >= 4 is 28.5 Å². The number of carbonyl (C=O) groups is 2. The van der Waals surface area contributed by atoms with Crippen LogP contribution in [0.3, 0.4) is 0 Å². The molecule has 1 aromatic heterocycles. The van der Waals surface area contributed by atoms with Gasteiger partial charge in [-0.25, -0.2) is 9.78 Å². The van der Waals surface area contributed by atoms with Crippen molar-refractivity contribution in [2.24, 2.45) is 0 Å². The fourth-order valence-corrected chi connectivity index (χ4v) is 3.66. The smallest absolute Gasteiger partial charge is 0.410 e. The lowest BCUT2D eigenvalue weighted by Gasteiger charge is -2.38. The highest BCUT2D eigenvalue weighted by Gasteiger charge is 2.46. The van der Waals surface area contributed by atoms with Crippen molar-refractivity contribution in [2.75, 3.05) is 38.5 Å². The maximum Gasteiger partial charge on any atom is 0.410 e. The third-order valence-electron chi connectivity index (χ3n) is 4.09. The van der Waals surface area contributed by atoms with Gasteiger partial charge in [0, 0.05) is 38.1 Å². The molecule has 0 bridgehead atoms. The summed E-state index contributed by atoms with van der Waals surface area (Å²) in [5, 5.41) is 5.24. The molecule has 2 fully saturated rings. The van der Waals surface area contributed by atoms with E-state index in [4.69, 9.17) is 4.74 Å². The Balaban J connectivity index is 1.49. The molecule has 0 aromatic carbocycles. The van der Waals surface area contributed by atoms with Crippen LogP contribution in [0, 0.1) is 0 Å². The topological polar surface area (TPSA) is 74.8 Å². The maximum atomic E-state index is 11.9. The number of likely N-dealkylation sites (N-methyl/N-ethyl adjacent to an activating group) is 1. The van der Waals surface area contributed by atoms with Crippen LogP contribution in [0.5, 0.6) is 0 Å². The van der Waals surface area contributed by atoms with Gasteiger partial charge >= 0.3 is 6.09 Å². The zero-order valence-corrected chi connectivity index (χ0v) is 13.4. The molecule has 1 N–H and O–H groups in total. The van der Waals surface area contributed by atoms with Gasteiger partial charge in [0.05, 0.1) is 6.54 Å². The van der Waals surface area contributed by atoms with Crippen LogP contribution in [0.4, 0.5) is 9.93 Å². The Morgan fingerprint density at radius 3 is 3.09 bits per heavy atom. The lowest BCUT2D eigenvalue weighted by molar-refractivity contribution is -0.116. The lowest BCUT2D eigenvalue weighted by atomic mass is 9.92. The molecule has 1 aromatic rings. The van der Waals surface area contributed by atoms with E-state index >= 15 is 0 Å².